The summed E-state index contributed by atoms with van der Waals surface area (Å²) in [4.78, 5) is 0. The minimum Gasteiger partial charge on any atom is -0.390 e. The molecule has 1 aliphatic heterocycles. The summed E-state index contributed by atoms with van der Waals surface area (Å²) < 4.78 is 0.401. The lowest BCUT2D eigenvalue weighted by molar-refractivity contribution is 0.0883. The second-order valence-corrected chi connectivity index (χ2v) is 5.59. The fourth-order valence-electron chi connectivity index (χ4n) is 2.18. The van der Waals surface area contributed by atoms with E-state index in [1.807, 2.05) is 0 Å². The Morgan fingerprint density at radius 3 is 2.93 bits per heavy atom. The van der Waals surface area contributed by atoms with Gasteiger partial charge in [0.15, 0.2) is 0 Å². The van der Waals surface area contributed by atoms with Gasteiger partial charge in [-0.15, -0.1) is 0 Å². The molecule has 0 aromatic rings. The molecule has 0 aromatic carbocycles. The topological polar surface area (TPSA) is 32.3 Å². The van der Waals surface area contributed by atoms with Gasteiger partial charge in [-0.3, -0.25) is 0 Å². The van der Waals surface area contributed by atoms with E-state index in [1.165, 1.54) is 0 Å². The summed E-state index contributed by atoms with van der Waals surface area (Å²) >= 11 is 2.36. The molecule has 0 amide bonds. The van der Waals surface area contributed by atoms with E-state index in [0.717, 1.165) is 19.4 Å². The predicted molar refractivity (Wildman–Crippen MR) is 66.6 cm³/mol. The van der Waals surface area contributed by atoms with Crippen molar-refractivity contribution in [3.8, 4) is 0 Å². The molecule has 0 bridgehead atoms. The van der Waals surface area contributed by atoms with Crippen molar-refractivity contribution in [1.82, 2.24) is 5.32 Å². The zero-order valence-corrected chi connectivity index (χ0v) is 10.2. The molecule has 3 heteroatoms. The zero-order valence-electron chi connectivity index (χ0n) is 8.07. The normalized spacial score (nSPS) is 42.7. The smallest absolute Gasteiger partial charge is 0.0816 e. The fourth-order valence-corrected chi connectivity index (χ4v) is 2.93. The molecule has 0 spiro atoms. The first kappa shape index (κ1) is 10.6. The van der Waals surface area contributed by atoms with Crippen LogP contribution >= 0.6 is 22.6 Å². The zero-order chi connectivity index (χ0) is 9.97. The van der Waals surface area contributed by atoms with Crippen LogP contribution in [-0.4, -0.2) is 27.7 Å². The Kier molecular flexibility index (Phi) is 3.62. The quantitative estimate of drug-likeness (QED) is 0.570. The van der Waals surface area contributed by atoms with Gasteiger partial charge in [0.1, 0.15) is 0 Å². The van der Waals surface area contributed by atoms with Gasteiger partial charge in [-0.2, -0.15) is 0 Å². The van der Waals surface area contributed by atoms with Gasteiger partial charge in [-0.25, -0.2) is 0 Å². The van der Waals surface area contributed by atoms with Crippen LogP contribution in [0.4, 0.5) is 0 Å². The van der Waals surface area contributed by atoms with E-state index >= 15 is 0 Å². The molecule has 1 fully saturated rings. The summed E-state index contributed by atoms with van der Waals surface area (Å²) in [5.74, 6) is 0.465. The van der Waals surface area contributed by atoms with Crippen LogP contribution in [0.5, 0.6) is 0 Å². The Hall–Kier alpha value is 0.130. The molecule has 0 saturated carbocycles. The lowest BCUT2D eigenvalue weighted by Gasteiger charge is -2.37. The van der Waals surface area contributed by atoms with Gasteiger partial charge in [-0.05, 0) is 25.3 Å². The predicted octanol–water partition coefficient (Wildman–Crippen LogP) is 1.65. The van der Waals surface area contributed by atoms with Crippen LogP contribution in [0.1, 0.15) is 12.8 Å². The molecule has 1 heterocycles. The molecule has 78 valence electrons. The largest absolute Gasteiger partial charge is 0.390 e. The van der Waals surface area contributed by atoms with Crippen molar-refractivity contribution in [2.24, 2.45) is 5.92 Å². The van der Waals surface area contributed by atoms with Gasteiger partial charge in [0.2, 0.25) is 0 Å². The summed E-state index contributed by atoms with van der Waals surface area (Å²) in [6.07, 6.45) is 10.5. The summed E-state index contributed by atoms with van der Waals surface area (Å²) in [5.41, 5.74) is 0. The van der Waals surface area contributed by atoms with E-state index in [1.54, 1.807) is 0 Å². The minimum atomic E-state index is -0.203. The first-order valence-corrected chi connectivity index (χ1v) is 6.42. The number of rotatable bonds is 1. The van der Waals surface area contributed by atoms with Crippen LogP contribution in [0.3, 0.4) is 0 Å². The van der Waals surface area contributed by atoms with Crippen LogP contribution in [0.25, 0.3) is 0 Å². The number of halogens is 1. The third kappa shape index (κ3) is 2.20. The van der Waals surface area contributed by atoms with Crippen LogP contribution in [-0.2, 0) is 0 Å². The Bertz CT molecular complexity index is 252. The number of aliphatic hydroxyl groups excluding tert-OH is 1. The second-order valence-electron chi connectivity index (χ2n) is 3.99. The number of piperidine rings is 1. The molecule has 2 aliphatic rings. The van der Waals surface area contributed by atoms with Crippen molar-refractivity contribution in [3.05, 3.63) is 24.3 Å². The van der Waals surface area contributed by atoms with Crippen molar-refractivity contribution >= 4 is 22.6 Å². The molecule has 2 rings (SSSR count). The van der Waals surface area contributed by atoms with Crippen molar-refractivity contribution in [2.45, 2.75) is 28.9 Å². The number of hydrogen-bond acceptors (Lipinski definition) is 2. The number of hydrogen-bond donors (Lipinski definition) is 2. The average Bonchev–Trinajstić information content (AvgIpc) is 2.23. The number of aliphatic hydroxyl groups is 1. The maximum Gasteiger partial charge on any atom is 0.0816 e. The monoisotopic (exact) mass is 305 g/mol. The highest BCUT2D eigenvalue weighted by atomic mass is 127. The van der Waals surface area contributed by atoms with Crippen LogP contribution in [0, 0.1) is 5.92 Å². The van der Waals surface area contributed by atoms with Gasteiger partial charge >= 0.3 is 0 Å². The molecular weight excluding hydrogens is 289 g/mol. The lowest BCUT2D eigenvalue weighted by Crippen LogP contribution is -2.53. The van der Waals surface area contributed by atoms with Crippen LogP contribution in [0.15, 0.2) is 24.3 Å². The number of allylic oxidation sites excluding steroid dienone is 3. The molecule has 0 aromatic heterocycles. The van der Waals surface area contributed by atoms with Crippen molar-refractivity contribution in [3.63, 3.8) is 0 Å². The maximum atomic E-state index is 10.1. The highest BCUT2D eigenvalue weighted by Gasteiger charge is 2.33. The first-order valence-electron chi connectivity index (χ1n) is 5.18. The number of alkyl halides is 1. The van der Waals surface area contributed by atoms with Crippen molar-refractivity contribution in [2.75, 3.05) is 6.54 Å². The van der Waals surface area contributed by atoms with Crippen molar-refractivity contribution < 1.29 is 5.11 Å². The van der Waals surface area contributed by atoms with E-state index in [0.29, 0.717) is 9.84 Å². The van der Waals surface area contributed by atoms with E-state index < -0.39 is 0 Å². The highest BCUT2D eigenvalue weighted by molar-refractivity contribution is 14.1. The summed E-state index contributed by atoms with van der Waals surface area (Å²) in [6.45, 7) is 1.03. The van der Waals surface area contributed by atoms with Gasteiger partial charge in [0.25, 0.3) is 0 Å². The van der Waals surface area contributed by atoms with E-state index in [-0.39, 0.29) is 12.1 Å². The van der Waals surface area contributed by atoms with Crippen molar-refractivity contribution in [1.29, 1.82) is 0 Å². The Morgan fingerprint density at radius 2 is 2.21 bits per heavy atom. The van der Waals surface area contributed by atoms with E-state index in [4.69, 9.17) is 0 Å². The molecule has 4 atom stereocenters. The lowest BCUT2D eigenvalue weighted by atomic mass is 9.85. The number of nitrogens with one attached hydrogen (secondary N) is 1. The molecule has 1 saturated heterocycles. The van der Waals surface area contributed by atoms with Gasteiger partial charge in [0.05, 0.1) is 6.10 Å². The standard InChI is InChI=1S/C11H16INO/c12-9-6-7-13-10(11(9)14)8-4-2-1-3-5-8/h1-4,8-11,13-14H,5-7H2. The Morgan fingerprint density at radius 1 is 1.36 bits per heavy atom. The molecule has 0 radical (unpaired) electrons. The third-order valence-corrected chi connectivity index (χ3v) is 4.37. The maximum absolute atomic E-state index is 10.1. The molecule has 14 heavy (non-hydrogen) atoms. The first-order chi connectivity index (χ1) is 6.79. The molecule has 1 aliphatic carbocycles. The van der Waals surface area contributed by atoms with Gasteiger partial charge < -0.3 is 10.4 Å². The third-order valence-electron chi connectivity index (χ3n) is 3.01. The van der Waals surface area contributed by atoms with E-state index in [9.17, 15) is 5.11 Å². The molecule has 2 nitrogen and oxygen atoms in total. The van der Waals surface area contributed by atoms with E-state index in [2.05, 4.69) is 52.2 Å². The van der Waals surface area contributed by atoms with Crippen LogP contribution in [0.2, 0.25) is 0 Å². The summed E-state index contributed by atoms with van der Waals surface area (Å²) in [6, 6.07) is 0.242. The van der Waals surface area contributed by atoms with Gasteiger partial charge in [-0.1, -0.05) is 46.9 Å². The Balaban J connectivity index is 2.02. The average molecular weight is 305 g/mol. The molecule has 2 N–H and O–H groups in total. The highest BCUT2D eigenvalue weighted by Crippen LogP contribution is 2.26. The summed E-state index contributed by atoms with van der Waals surface area (Å²) in [5, 5.41) is 13.5. The second kappa shape index (κ2) is 4.77. The Labute approximate surface area is 98.6 Å². The fraction of sp³-hybridized carbons (Fsp3) is 0.636. The molecular formula is C11H16INO. The van der Waals surface area contributed by atoms with Gasteiger partial charge in [0, 0.05) is 9.97 Å². The minimum absolute atomic E-state index is 0.203. The molecule has 4 unspecified atom stereocenters. The summed E-state index contributed by atoms with van der Waals surface area (Å²) in [7, 11) is 0. The SMILES string of the molecule is OC1C(I)CCNC1C1C=CC=CC1. The van der Waals surface area contributed by atoms with Crippen LogP contribution < -0.4 is 5.32 Å².